The van der Waals surface area contributed by atoms with Crippen molar-refractivity contribution in [1.29, 1.82) is 0 Å². The van der Waals surface area contributed by atoms with Crippen molar-refractivity contribution in [2.75, 3.05) is 19.0 Å². The van der Waals surface area contributed by atoms with Crippen molar-refractivity contribution in [2.24, 2.45) is 0 Å². The van der Waals surface area contributed by atoms with Gasteiger partial charge in [0, 0.05) is 19.9 Å². The molecule has 1 heterocycles. The topological polar surface area (TPSA) is 71.5 Å². The van der Waals surface area contributed by atoms with E-state index in [4.69, 9.17) is 9.84 Å². The number of methoxy groups -OCH3 is 1. The van der Waals surface area contributed by atoms with Gasteiger partial charge in [-0.25, -0.2) is 9.78 Å². The minimum Gasteiger partial charge on any atom is -0.478 e. The molecule has 1 aromatic heterocycles. The maximum atomic E-state index is 11.1. The molecule has 0 saturated carbocycles. The van der Waals surface area contributed by atoms with Gasteiger partial charge < -0.3 is 15.2 Å². The number of nitrogens with one attached hydrogen (secondary N) is 1. The van der Waals surface area contributed by atoms with Crippen LogP contribution in [0, 0.1) is 6.92 Å². The Bertz CT molecular complexity index is 416. The average molecular weight is 238 g/mol. The molecule has 0 aliphatic heterocycles. The molecule has 0 unspecified atom stereocenters. The summed E-state index contributed by atoms with van der Waals surface area (Å²) in [5.74, 6) is -0.601. The highest BCUT2D eigenvalue weighted by Gasteiger charge is 2.19. The zero-order chi connectivity index (χ0) is 13.1. The molecule has 0 aromatic carbocycles. The molecule has 5 heteroatoms. The van der Waals surface area contributed by atoms with Crippen LogP contribution in [0.15, 0.2) is 12.3 Å². The number of carboxylic acid groups (broad SMARTS) is 1. The van der Waals surface area contributed by atoms with Gasteiger partial charge in [-0.2, -0.15) is 0 Å². The smallest absolute Gasteiger partial charge is 0.339 e. The second-order valence-electron chi connectivity index (χ2n) is 4.47. The van der Waals surface area contributed by atoms with E-state index in [-0.39, 0.29) is 11.2 Å². The third-order valence-electron chi connectivity index (χ3n) is 2.61. The van der Waals surface area contributed by atoms with Crippen LogP contribution in [0.5, 0.6) is 0 Å². The van der Waals surface area contributed by atoms with Crippen LogP contribution in [0.1, 0.15) is 29.8 Å². The molecule has 0 saturated heterocycles. The third-order valence-corrected chi connectivity index (χ3v) is 2.61. The summed E-state index contributed by atoms with van der Waals surface area (Å²) in [6, 6.07) is 1.68. The Morgan fingerprint density at radius 1 is 1.59 bits per heavy atom. The van der Waals surface area contributed by atoms with Gasteiger partial charge in [0.1, 0.15) is 11.4 Å². The van der Waals surface area contributed by atoms with Gasteiger partial charge in [-0.3, -0.25) is 0 Å². The van der Waals surface area contributed by atoms with Crippen molar-refractivity contribution in [3.63, 3.8) is 0 Å². The molecule has 1 rings (SSSR count). The first-order valence-corrected chi connectivity index (χ1v) is 5.35. The number of pyridine rings is 1. The van der Waals surface area contributed by atoms with Crippen LogP contribution in [0.25, 0.3) is 0 Å². The fourth-order valence-electron chi connectivity index (χ4n) is 1.33. The Labute approximate surface area is 101 Å². The first-order chi connectivity index (χ1) is 7.87. The van der Waals surface area contributed by atoms with Gasteiger partial charge in [-0.15, -0.1) is 0 Å². The lowest BCUT2D eigenvalue weighted by Crippen LogP contribution is -2.32. The molecule has 0 amide bonds. The van der Waals surface area contributed by atoms with Gasteiger partial charge in [0.05, 0.1) is 5.60 Å². The van der Waals surface area contributed by atoms with Crippen molar-refractivity contribution < 1.29 is 14.6 Å². The van der Waals surface area contributed by atoms with Gasteiger partial charge in [-0.05, 0) is 32.4 Å². The van der Waals surface area contributed by atoms with E-state index in [1.54, 1.807) is 26.3 Å². The zero-order valence-electron chi connectivity index (χ0n) is 10.6. The highest BCUT2D eigenvalue weighted by atomic mass is 16.5. The molecular weight excluding hydrogens is 220 g/mol. The van der Waals surface area contributed by atoms with E-state index in [9.17, 15) is 4.79 Å². The summed E-state index contributed by atoms with van der Waals surface area (Å²) in [7, 11) is 1.61. The highest BCUT2D eigenvalue weighted by molar-refractivity contribution is 5.94. The van der Waals surface area contributed by atoms with Gasteiger partial charge in [0.25, 0.3) is 0 Å². The molecule has 0 radical (unpaired) electrons. The fraction of sp³-hybridized carbons (Fsp3) is 0.500. The van der Waals surface area contributed by atoms with E-state index in [1.165, 1.54) is 0 Å². The van der Waals surface area contributed by atoms with Gasteiger partial charge in [0.2, 0.25) is 0 Å². The Morgan fingerprint density at radius 2 is 2.24 bits per heavy atom. The number of anilines is 1. The van der Waals surface area contributed by atoms with E-state index < -0.39 is 5.97 Å². The van der Waals surface area contributed by atoms with E-state index in [0.29, 0.717) is 17.9 Å². The van der Waals surface area contributed by atoms with Gasteiger partial charge in [0.15, 0.2) is 0 Å². The summed E-state index contributed by atoms with van der Waals surface area (Å²) in [5.41, 5.74) is 0.519. The predicted molar refractivity (Wildman–Crippen MR) is 65.5 cm³/mol. The number of aryl methyl sites for hydroxylation is 1. The lowest BCUT2D eigenvalue weighted by atomic mass is 10.1. The molecule has 1 aromatic rings. The standard InChI is InChI=1S/C12H18N2O3/c1-8-5-6-13-10(9(8)11(15)16)14-7-12(2,3)17-4/h5-6H,7H2,1-4H3,(H,13,14)(H,15,16). The molecule has 0 spiro atoms. The van der Waals surface area contributed by atoms with Crippen molar-refractivity contribution in [2.45, 2.75) is 26.4 Å². The normalized spacial score (nSPS) is 11.3. The fourth-order valence-corrected chi connectivity index (χ4v) is 1.33. The molecule has 5 nitrogen and oxygen atoms in total. The lowest BCUT2D eigenvalue weighted by Gasteiger charge is -2.24. The highest BCUT2D eigenvalue weighted by Crippen LogP contribution is 2.18. The monoisotopic (exact) mass is 238 g/mol. The number of aromatic carboxylic acids is 1. The number of aromatic nitrogens is 1. The molecule has 0 aliphatic rings. The number of carboxylic acids is 1. The van der Waals surface area contributed by atoms with Crippen molar-refractivity contribution in [3.05, 3.63) is 23.4 Å². The van der Waals surface area contributed by atoms with Crippen LogP contribution < -0.4 is 5.32 Å². The minimum absolute atomic E-state index is 0.208. The Morgan fingerprint density at radius 3 is 2.76 bits per heavy atom. The van der Waals surface area contributed by atoms with E-state index in [1.807, 2.05) is 13.8 Å². The van der Waals surface area contributed by atoms with Crippen LogP contribution in [-0.4, -0.2) is 35.3 Å². The molecular formula is C12H18N2O3. The lowest BCUT2D eigenvalue weighted by molar-refractivity contribution is 0.0342. The summed E-state index contributed by atoms with van der Waals surface area (Å²) in [4.78, 5) is 15.2. The Balaban J connectivity index is 2.92. The molecule has 0 aliphatic carbocycles. The van der Waals surface area contributed by atoms with Gasteiger partial charge >= 0.3 is 5.97 Å². The minimum atomic E-state index is -0.978. The van der Waals surface area contributed by atoms with Crippen LogP contribution in [0.3, 0.4) is 0 Å². The maximum absolute atomic E-state index is 11.1. The number of hydrogen-bond donors (Lipinski definition) is 2. The summed E-state index contributed by atoms with van der Waals surface area (Å²) in [6.45, 7) is 6.06. The van der Waals surface area contributed by atoms with Crippen LogP contribution >= 0.6 is 0 Å². The summed E-state index contributed by atoms with van der Waals surface area (Å²) < 4.78 is 5.25. The number of hydrogen-bond acceptors (Lipinski definition) is 4. The van der Waals surface area contributed by atoms with Crippen LogP contribution in [0.2, 0.25) is 0 Å². The molecule has 17 heavy (non-hydrogen) atoms. The van der Waals surface area contributed by atoms with Crippen LogP contribution in [-0.2, 0) is 4.74 Å². The van der Waals surface area contributed by atoms with Crippen molar-refractivity contribution >= 4 is 11.8 Å². The molecule has 94 valence electrons. The van der Waals surface area contributed by atoms with E-state index in [2.05, 4.69) is 10.3 Å². The van der Waals surface area contributed by atoms with E-state index in [0.717, 1.165) is 0 Å². The largest absolute Gasteiger partial charge is 0.478 e. The number of rotatable bonds is 5. The van der Waals surface area contributed by atoms with Gasteiger partial charge in [-0.1, -0.05) is 0 Å². The zero-order valence-corrected chi connectivity index (χ0v) is 10.6. The second-order valence-corrected chi connectivity index (χ2v) is 4.47. The third kappa shape index (κ3) is 3.42. The first kappa shape index (κ1) is 13.4. The number of carbonyl (C=O) groups is 1. The average Bonchev–Trinajstić information content (AvgIpc) is 2.26. The number of nitrogens with zero attached hydrogens (tertiary/aromatic N) is 1. The Kier molecular flexibility index (Phi) is 4.07. The predicted octanol–water partition coefficient (Wildman–Crippen LogP) is 1.93. The maximum Gasteiger partial charge on any atom is 0.339 e. The first-order valence-electron chi connectivity index (χ1n) is 5.35. The second kappa shape index (κ2) is 5.14. The van der Waals surface area contributed by atoms with E-state index >= 15 is 0 Å². The SMILES string of the molecule is COC(C)(C)CNc1nccc(C)c1C(=O)O. The van der Waals surface area contributed by atoms with Crippen molar-refractivity contribution in [3.8, 4) is 0 Å². The van der Waals surface area contributed by atoms with Crippen molar-refractivity contribution in [1.82, 2.24) is 4.98 Å². The Hall–Kier alpha value is -1.62. The summed E-state index contributed by atoms with van der Waals surface area (Å²) >= 11 is 0. The molecule has 2 N–H and O–H groups in total. The summed E-state index contributed by atoms with van der Waals surface area (Å²) in [5, 5.41) is 12.1. The quantitative estimate of drug-likeness (QED) is 0.820. The molecule has 0 bridgehead atoms. The van der Waals surface area contributed by atoms with Crippen LogP contribution in [0.4, 0.5) is 5.82 Å². The molecule has 0 atom stereocenters. The number of ether oxygens (including phenoxy) is 1. The summed E-state index contributed by atoms with van der Waals surface area (Å²) in [6.07, 6.45) is 1.59. The molecule has 0 fully saturated rings.